The van der Waals surface area contributed by atoms with Gasteiger partial charge in [0.05, 0.1) is 7.05 Å². The highest BCUT2D eigenvalue weighted by Gasteiger charge is 2.44. The molecule has 132 valence electrons. The first kappa shape index (κ1) is 17.2. The maximum absolute atomic E-state index is 4.28. The smallest absolute Gasteiger partial charge is 0.233 e. The molecule has 0 fully saturated rings. The summed E-state index contributed by atoms with van der Waals surface area (Å²) in [4.78, 5) is 4.28. The van der Waals surface area contributed by atoms with E-state index in [9.17, 15) is 0 Å². The highest BCUT2D eigenvalue weighted by Crippen LogP contribution is 2.41. The summed E-state index contributed by atoms with van der Waals surface area (Å²) in [6, 6.07) is 16.0. The summed E-state index contributed by atoms with van der Waals surface area (Å²) in [5.41, 5.74) is 6.94. The fraction of sp³-hybridized carbons (Fsp3) is 0.304. The van der Waals surface area contributed by atoms with E-state index in [2.05, 4.69) is 92.9 Å². The van der Waals surface area contributed by atoms with Crippen molar-refractivity contribution in [2.45, 2.75) is 39.3 Å². The largest absolute Gasteiger partial charge is 0.286 e. The third-order valence-electron chi connectivity index (χ3n) is 6.18. The van der Waals surface area contributed by atoms with Crippen LogP contribution in [0.4, 0.5) is 0 Å². The van der Waals surface area contributed by atoms with E-state index in [4.69, 9.17) is 0 Å². The van der Waals surface area contributed by atoms with Crippen molar-refractivity contribution in [3.8, 4) is 11.3 Å². The first-order valence-corrected chi connectivity index (χ1v) is 12.3. The monoisotopic (exact) mass is 359 g/mol. The first-order valence-electron chi connectivity index (χ1n) is 9.31. The summed E-state index contributed by atoms with van der Waals surface area (Å²) in [5.74, 6) is 0. The van der Waals surface area contributed by atoms with Crippen LogP contribution in [0.25, 0.3) is 11.3 Å². The number of hydrogen-bond acceptors (Lipinski definition) is 1. The van der Waals surface area contributed by atoms with Crippen molar-refractivity contribution in [3.63, 3.8) is 0 Å². The zero-order valence-electron chi connectivity index (χ0n) is 16.6. The highest BCUT2D eigenvalue weighted by molar-refractivity contribution is 7.01. The molecule has 0 aliphatic carbocycles. The molecule has 0 saturated heterocycles. The molecule has 0 amide bonds. The van der Waals surface area contributed by atoms with Gasteiger partial charge in [-0.1, -0.05) is 73.5 Å². The molecule has 1 aliphatic rings. The summed E-state index contributed by atoms with van der Waals surface area (Å²) >= 11 is 0. The fourth-order valence-electron chi connectivity index (χ4n) is 4.75. The Morgan fingerprint density at radius 2 is 1.69 bits per heavy atom. The minimum absolute atomic E-state index is 0.0218. The molecule has 0 bridgehead atoms. The van der Waals surface area contributed by atoms with Gasteiger partial charge in [0.25, 0.3) is 6.33 Å². The molecule has 0 atom stereocenters. The first-order chi connectivity index (χ1) is 12.3. The summed E-state index contributed by atoms with van der Waals surface area (Å²) in [5, 5.41) is 3.14. The van der Waals surface area contributed by atoms with Crippen molar-refractivity contribution < 1.29 is 4.57 Å². The predicted molar refractivity (Wildman–Crippen MR) is 111 cm³/mol. The van der Waals surface area contributed by atoms with Crippen molar-refractivity contribution in [1.29, 1.82) is 0 Å². The maximum atomic E-state index is 4.28. The van der Waals surface area contributed by atoms with Crippen LogP contribution in [0.1, 0.15) is 30.5 Å². The fourth-order valence-corrected chi connectivity index (χ4v) is 8.19. The molecule has 3 aromatic rings. The number of benzene rings is 2. The normalized spacial score (nSPS) is 16.7. The van der Waals surface area contributed by atoms with Crippen LogP contribution in [0.2, 0.25) is 13.1 Å². The standard InChI is InChI=1S/C23H27N2Si/c1-16-11-12-20-22(21(16)18-13-14-24-15-25(18)4)23(2,3)17-9-7-8-10-19(17)26(20,5)6/h7-15H,1-6H3/q+1. The Kier molecular flexibility index (Phi) is 3.71. The summed E-state index contributed by atoms with van der Waals surface area (Å²) in [6.07, 6.45) is 3.81. The van der Waals surface area contributed by atoms with E-state index in [-0.39, 0.29) is 5.41 Å². The lowest BCUT2D eigenvalue weighted by molar-refractivity contribution is -0.663. The Bertz CT molecular complexity index is 1020. The van der Waals surface area contributed by atoms with Gasteiger partial charge in [0, 0.05) is 17.0 Å². The van der Waals surface area contributed by atoms with Crippen LogP contribution >= 0.6 is 0 Å². The average molecular weight is 360 g/mol. The lowest BCUT2D eigenvalue weighted by atomic mass is 9.74. The molecule has 0 unspecified atom stereocenters. The lowest BCUT2D eigenvalue weighted by Gasteiger charge is -2.44. The number of rotatable bonds is 1. The van der Waals surface area contributed by atoms with E-state index >= 15 is 0 Å². The van der Waals surface area contributed by atoms with Gasteiger partial charge in [0.1, 0.15) is 20.0 Å². The molecule has 2 heterocycles. The van der Waals surface area contributed by atoms with E-state index in [1.54, 1.807) is 10.4 Å². The van der Waals surface area contributed by atoms with E-state index in [0.29, 0.717) is 0 Å². The third-order valence-corrected chi connectivity index (χ3v) is 9.73. The van der Waals surface area contributed by atoms with Gasteiger partial charge in [-0.25, -0.2) is 4.57 Å². The quantitative estimate of drug-likeness (QED) is 0.481. The topological polar surface area (TPSA) is 16.8 Å². The molecular formula is C23H27N2Si+. The minimum atomic E-state index is -1.75. The van der Waals surface area contributed by atoms with Gasteiger partial charge in [-0.15, -0.1) is 0 Å². The lowest BCUT2D eigenvalue weighted by Crippen LogP contribution is -2.62. The van der Waals surface area contributed by atoms with Crippen LogP contribution in [-0.4, -0.2) is 13.1 Å². The second-order valence-electron chi connectivity index (χ2n) is 8.55. The second kappa shape index (κ2) is 5.62. The Hall–Kier alpha value is -2.26. The molecule has 0 radical (unpaired) electrons. The SMILES string of the molecule is Cc1ccc2c(c1-c1ccnc[n+]1C)C(C)(C)c1ccccc1[Si]2(C)C. The third kappa shape index (κ3) is 2.23. The number of aryl methyl sites for hydroxylation is 2. The van der Waals surface area contributed by atoms with Crippen LogP contribution in [0.3, 0.4) is 0 Å². The van der Waals surface area contributed by atoms with Crippen molar-refractivity contribution >= 4 is 18.4 Å². The average Bonchev–Trinajstić information content (AvgIpc) is 2.61. The number of aromatic nitrogens is 2. The molecule has 0 N–H and O–H groups in total. The van der Waals surface area contributed by atoms with Crippen LogP contribution in [0.15, 0.2) is 55.0 Å². The zero-order valence-corrected chi connectivity index (χ0v) is 17.6. The minimum Gasteiger partial charge on any atom is -0.233 e. The Labute approximate surface area is 157 Å². The summed E-state index contributed by atoms with van der Waals surface area (Å²) in [7, 11) is 0.341. The van der Waals surface area contributed by atoms with Gasteiger partial charge < -0.3 is 0 Å². The van der Waals surface area contributed by atoms with Crippen LogP contribution in [0, 0.1) is 6.92 Å². The van der Waals surface area contributed by atoms with Crippen molar-refractivity contribution in [1.82, 2.24) is 4.98 Å². The Balaban J connectivity index is 2.15. The van der Waals surface area contributed by atoms with Crippen LogP contribution in [0.5, 0.6) is 0 Å². The van der Waals surface area contributed by atoms with E-state index < -0.39 is 8.07 Å². The van der Waals surface area contributed by atoms with E-state index in [1.807, 2.05) is 12.5 Å². The van der Waals surface area contributed by atoms with E-state index in [1.165, 1.54) is 27.9 Å². The second-order valence-corrected chi connectivity index (χ2v) is 12.9. The van der Waals surface area contributed by atoms with E-state index in [0.717, 1.165) is 0 Å². The van der Waals surface area contributed by atoms with Crippen molar-refractivity contribution in [2.75, 3.05) is 0 Å². The van der Waals surface area contributed by atoms with Gasteiger partial charge >= 0.3 is 0 Å². The molecule has 26 heavy (non-hydrogen) atoms. The molecular weight excluding hydrogens is 332 g/mol. The summed E-state index contributed by atoms with van der Waals surface area (Å²) in [6.45, 7) is 12.0. The molecule has 1 aliphatic heterocycles. The van der Waals surface area contributed by atoms with Crippen LogP contribution in [-0.2, 0) is 12.5 Å². The molecule has 3 heteroatoms. The molecule has 2 aromatic carbocycles. The highest BCUT2D eigenvalue weighted by atomic mass is 28.3. The van der Waals surface area contributed by atoms with Crippen LogP contribution < -0.4 is 14.9 Å². The van der Waals surface area contributed by atoms with Gasteiger partial charge in [0.2, 0.25) is 0 Å². The molecule has 1 aromatic heterocycles. The summed E-state index contributed by atoms with van der Waals surface area (Å²) < 4.78 is 2.15. The van der Waals surface area contributed by atoms with Gasteiger partial charge in [-0.05, 0) is 28.8 Å². The van der Waals surface area contributed by atoms with Crippen molar-refractivity contribution in [3.05, 3.63) is 71.7 Å². The molecule has 0 saturated carbocycles. The van der Waals surface area contributed by atoms with Gasteiger partial charge in [-0.3, -0.25) is 0 Å². The predicted octanol–water partition coefficient (Wildman–Crippen LogP) is 3.34. The Morgan fingerprint density at radius 3 is 2.42 bits per heavy atom. The molecule has 0 spiro atoms. The number of hydrogen-bond donors (Lipinski definition) is 0. The molecule has 2 nitrogen and oxygen atoms in total. The van der Waals surface area contributed by atoms with Gasteiger partial charge in [0.15, 0.2) is 0 Å². The number of fused-ring (bicyclic) bond motifs is 2. The van der Waals surface area contributed by atoms with Gasteiger partial charge in [-0.2, -0.15) is 0 Å². The molecule has 4 rings (SSSR count). The van der Waals surface area contributed by atoms with Crippen molar-refractivity contribution in [2.24, 2.45) is 7.05 Å². The zero-order chi connectivity index (χ0) is 18.7. The Morgan fingerprint density at radius 1 is 0.962 bits per heavy atom. The number of nitrogens with zero attached hydrogens (tertiary/aromatic N) is 2. The maximum Gasteiger partial charge on any atom is 0.286 e.